The molecule has 2 aromatic heterocycles. The zero-order chi connectivity index (χ0) is 13.1. The van der Waals surface area contributed by atoms with Crippen molar-refractivity contribution < 1.29 is 9.30 Å². The molecule has 0 radical (unpaired) electrons. The van der Waals surface area contributed by atoms with Gasteiger partial charge < -0.3 is 4.74 Å². The molecule has 0 amide bonds. The van der Waals surface area contributed by atoms with Gasteiger partial charge in [-0.15, -0.1) is 0 Å². The van der Waals surface area contributed by atoms with Crippen molar-refractivity contribution in [3.63, 3.8) is 0 Å². The Hall–Kier alpha value is -2.68. The predicted molar refractivity (Wildman–Crippen MR) is 77.6 cm³/mol. The molecule has 0 spiro atoms. The second-order valence-corrected chi connectivity index (χ2v) is 5.09. The Labute approximate surface area is 115 Å². The summed E-state index contributed by atoms with van der Waals surface area (Å²) in [5, 5.41) is 4.80. The number of hydrogen-bond acceptors (Lipinski definition) is 2. The Bertz CT molecular complexity index is 925. The van der Waals surface area contributed by atoms with Crippen molar-refractivity contribution in [1.29, 1.82) is 0 Å². The Balaban J connectivity index is 2.26. The molecule has 3 heteroatoms. The molecule has 0 saturated heterocycles. The minimum Gasteiger partial charge on any atom is -0.435 e. The molecule has 94 valence electrons. The summed E-state index contributed by atoms with van der Waals surface area (Å²) in [6.45, 7) is 0.557. The van der Waals surface area contributed by atoms with Gasteiger partial charge in [-0.1, -0.05) is 24.3 Å². The van der Waals surface area contributed by atoms with Crippen LogP contribution in [-0.4, -0.2) is 4.98 Å². The number of nitrogens with zero attached hydrogens (tertiary/aromatic N) is 2. The number of benzene rings is 2. The van der Waals surface area contributed by atoms with E-state index in [2.05, 4.69) is 52.1 Å². The number of ether oxygens (including phenoxy) is 1. The number of rotatable bonds is 0. The molecule has 4 aromatic rings. The van der Waals surface area contributed by atoms with Gasteiger partial charge in [0.05, 0.1) is 10.9 Å². The number of hydrogen-bond donors (Lipinski definition) is 0. The number of pyridine rings is 2. The molecule has 3 heterocycles. The van der Waals surface area contributed by atoms with E-state index in [1.165, 1.54) is 21.7 Å². The van der Waals surface area contributed by atoms with E-state index in [4.69, 9.17) is 4.74 Å². The summed E-state index contributed by atoms with van der Waals surface area (Å²) >= 11 is 0. The fraction of sp³-hybridized carbons (Fsp3) is 0.0588. The average Bonchev–Trinajstić information content (AvgIpc) is 2.53. The molecule has 0 saturated carbocycles. The van der Waals surface area contributed by atoms with Crippen LogP contribution in [0.4, 0.5) is 0 Å². The molecule has 0 N–H and O–H groups in total. The summed E-state index contributed by atoms with van der Waals surface area (Å²) in [4.78, 5) is 4.60. The van der Waals surface area contributed by atoms with Crippen LogP contribution in [0.3, 0.4) is 0 Å². The van der Waals surface area contributed by atoms with E-state index in [1.807, 2.05) is 12.3 Å². The fourth-order valence-electron chi connectivity index (χ4n) is 3.22. The Kier molecular flexibility index (Phi) is 1.75. The van der Waals surface area contributed by atoms with Crippen LogP contribution in [0.25, 0.3) is 32.6 Å². The first-order chi connectivity index (χ1) is 9.93. The first-order valence-electron chi connectivity index (χ1n) is 6.68. The summed E-state index contributed by atoms with van der Waals surface area (Å²) < 4.78 is 8.01. The maximum Gasteiger partial charge on any atom is 0.292 e. The molecule has 3 nitrogen and oxygen atoms in total. The van der Waals surface area contributed by atoms with E-state index in [9.17, 15) is 0 Å². The van der Waals surface area contributed by atoms with E-state index >= 15 is 0 Å². The van der Waals surface area contributed by atoms with Gasteiger partial charge in [0.25, 0.3) is 6.73 Å². The van der Waals surface area contributed by atoms with Crippen molar-refractivity contribution >= 4 is 32.6 Å². The van der Waals surface area contributed by atoms with Gasteiger partial charge in [-0.3, -0.25) is 4.98 Å². The molecule has 2 aromatic carbocycles. The Morgan fingerprint density at radius 2 is 1.80 bits per heavy atom. The fourth-order valence-corrected chi connectivity index (χ4v) is 3.22. The molecule has 0 atom stereocenters. The monoisotopic (exact) mass is 259 g/mol. The third kappa shape index (κ3) is 1.11. The summed E-state index contributed by atoms with van der Waals surface area (Å²) in [7, 11) is 0. The van der Waals surface area contributed by atoms with Gasteiger partial charge in [-0.2, -0.15) is 4.57 Å². The van der Waals surface area contributed by atoms with Gasteiger partial charge in [-0.25, -0.2) is 0 Å². The molecule has 1 aliphatic heterocycles. The van der Waals surface area contributed by atoms with Crippen molar-refractivity contribution in [3.8, 4) is 5.75 Å². The standard InChI is InChI=1S/C17H11N2O/c1-2-5-12-11(4-1)13-6-3-9-19-10-20-14-7-8-18-16(12)15(14)17(13)19/h1-9H,10H2/q+1. The van der Waals surface area contributed by atoms with Gasteiger partial charge in [0.1, 0.15) is 11.1 Å². The molecule has 20 heavy (non-hydrogen) atoms. The predicted octanol–water partition coefficient (Wildman–Crippen LogP) is 3.18. The summed E-state index contributed by atoms with van der Waals surface area (Å²) in [6.07, 6.45) is 3.89. The third-order valence-electron chi connectivity index (χ3n) is 4.05. The maximum absolute atomic E-state index is 5.86. The zero-order valence-electron chi connectivity index (χ0n) is 10.7. The van der Waals surface area contributed by atoms with Crippen LogP contribution in [-0.2, 0) is 6.73 Å². The second kappa shape index (κ2) is 3.45. The highest BCUT2D eigenvalue weighted by Crippen LogP contribution is 2.37. The van der Waals surface area contributed by atoms with Crippen LogP contribution in [0, 0.1) is 0 Å². The first-order valence-corrected chi connectivity index (χ1v) is 6.68. The molecular formula is C17H11N2O+. The van der Waals surface area contributed by atoms with E-state index in [0.29, 0.717) is 6.73 Å². The molecular weight excluding hydrogens is 248 g/mol. The maximum atomic E-state index is 5.86. The summed E-state index contributed by atoms with van der Waals surface area (Å²) in [5.74, 6) is 0.928. The van der Waals surface area contributed by atoms with Crippen molar-refractivity contribution in [2.45, 2.75) is 6.73 Å². The third-order valence-corrected chi connectivity index (χ3v) is 4.05. The van der Waals surface area contributed by atoms with Crippen LogP contribution >= 0.6 is 0 Å². The first kappa shape index (κ1) is 10.1. The minimum atomic E-state index is 0.557. The lowest BCUT2D eigenvalue weighted by Gasteiger charge is -2.15. The van der Waals surface area contributed by atoms with Crippen molar-refractivity contribution in [2.75, 3.05) is 0 Å². The van der Waals surface area contributed by atoms with E-state index < -0.39 is 0 Å². The summed E-state index contributed by atoms with van der Waals surface area (Å²) in [5.41, 5.74) is 2.24. The zero-order valence-corrected chi connectivity index (χ0v) is 10.7. The molecule has 0 fully saturated rings. The minimum absolute atomic E-state index is 0.557. The highest BCUT2D eigenvalue weighted by molar-refractivity contribution is 6.23. The van der Waals surface area contributed by atoms with Crippen LogP contribution < -0.4 is 9.30 Å². The van der Waals surface area contributed by atoms with Crippen molar-refractivity contribution in [3.05, 3.63) is 54.9 Å². The molecule has 0 bridgehead atoms. The van der Waals surface area contributed by atoms with E-state index in [1.54, 1.807) is 0 Å². The highest BCUT2D eigenvalue weighted by atomic mass is 16.5. The average molecular weight is 259 g/mol. The highest BCUT2D eigenvalue weighted by Gasteiger charge is 2.24. The van der Waals surface area contributed by atoms with E-state index in [0.717, 1.165) is 16.7 Å². The SMILES string of the molecule is c1ccc2c(c1)c1ccc[n+]3c1c1c(ccnc21)OC3. The van der Waals surface area contributed by atoms with Crippen LogP contribution in [0.1, 0.15) is 0 Å². The van der Waals surface area contributed by atoms with Gasteiger partial charge >= 0.3 is 0 Å². The summed E-state index contributed by atoms with van der Waals surface area (Å²) in [6, 6.07) is 14.6. The lowest BCUT2D eigenvalue weighted by molar-refractivity contribution is -0.701. The quantitative estimate of drug-likeness (QED) is 0.358. The number of aromatic nitrogens is 2. The van der Waals surface area contributed by atoms with Crippen LogP contribution in [0.2, 0.25) is 0 Å². The van der Waals surface area contributed by atoms with Gasteiger partial charge in [0.15, 0.2) is 6.20 Å². The van der Waals surface area contributed by atoms with E-state index in [-0.39, 0.29) is 0 Å². The van der Waals surface area contributed by atoms with Gasteiger partial charge in [-0.05, 0) is 17.5 Å². The molecule has 1 aliphatic rings. The van der Waals surface area contributed by atoms with Crippen LogP contribution in [0.15, 0.2) is 54.9 Å². The molecule has 0 unspecified atom stereocenters. The normalized spacial score (nSPS) is 13.2. The van der Waals surface area contributed by atoms with Gasteiger partial charge in [0.2, 0.25) is 5.52 Å². The van der Waals surface area contributed by atoms with Gasteiger partial charge in [0, 0.05) is 17.6 Å². The lowest BCUT2D eigenvalue weighted by atomic mass is 9.99. The van der Waals surface area contributed by atoms with Crippen LogP contribution in [0.5, 0.6) is 5.75 Å². The Morgan fingerprint density at radius 1 is 0.950 bits per heavy atom. The largest absolute Gasteiger partial charge is 0.435 e. The smallest absolute Gasteiger partial charge is 0.292 e. The topological polar surface area (TPSA) is 26.0 Å². The molecule has 0 aliphatic carbocycles. The molecule has 5 rings (SSSR count). The number of fused-ring (bicyclic) bond motifs is 3. The second-order valence-electron chi connectivity index (χ2n) is 5.09. The van der Waals surface area contributed by atoms with Crippen molar-refractivity contribution in [1.82, 2.24) is 4.98 Å². The lowest BCUT2D eigenvalue weighted by Crippen LogP contribution is -2.39. The van der Waals surface area contributed by atoms with Crippen molar-refractivity contribution in [2.24, 2.45) is 0 Å². The Morgan fingerprint density at radius 3 is 2.75 bits per heavy atom.